The van der Waals surface area contributed by atoms with E-state index in [1.54, 1.807) is 30.5 Å². The van der Waals surface area contributed by atoms with Gasteiger partial charge in [0.15, 0.2) is 9.84 Å². The molecule has 2 aromatic carbocycles. The molecule has 0 spiro atoms. The van der Waals surface area contributed by atoms with Gasteiger partial charge in [-0.15, -0.1) is 0 Å². The maximum atomic E-state index is 12.6. The summed E-state index contributed by atoms with van der Waals surface area (Å²) in [4.78, 5) is 18.1. The number of anilines is 1. The Hall–Kier alpha value is -2.64. The van der Waals surface area contributed by atoms with Crippen LogP contribution in [0.15, 0.2) is 87.7 Å². The van der Waals surface area contributed by atoms with Crippen LogP contribution in [0, 0.1) is 0 Å². The van der Waals surface area contributed by atoms with E-state index >= 15 is 0 Å². The van der Waals surface area contributed by atoms with Gasteiger partial charge in [-0.25, -0.2) is 13.4 Å². The summed E-state index contributed by atoms with van der Waals surface area (Å²) < 4.78 is 23.0. The lowest BCUT2D eigenvalue weighted by atomic mass is 10.2. The van der Waals surface area contributed by atoms with Crippen molar-refractivity contribution >= 4 is 33.2 Å². The molecule has 26 heavy (non-hydrogen) atoms. The summed E-state index contributed by atoms with van der Waals surface area (Å²) in [5.41, 5.74) is 0.968. The Balaban J connectivity index is 1.80. The zero-order chi connectivity index (χ0) is 18.6. The Bertz CT molecular complexity index is 1020. The van der Waals surface area contributed by atoms with E-state index < -0.39 is 9.84 Å². The smallest absolute Gasteiger partial charge is 0.258 e. The fourth-order valence-corrected chi connectivity index (χ4v) is 3.76. The summed E-state index contributed by atoms with van der Waals surface area (Å²) >= 11 is 1.41. The predicted octanol–water partition coefficient (Wildman–Crippen LogP) is 3.89. The van der Waals surface area contributed by atoms with Crippen molar-refractivity contribution in [2.75, 3.05) is 11.6 Å². The predicted molar refractivity (Wildman–Crippen MR) is 102 cm³/mol. The van der Waals surface area contributed by atoms with Crippen molar-refractivity contribution in [1.82, 2.24) is 4.98 Å². The topological polar surface area (TPSA) is 76.1 Å². The molecule has 0 bridgehead atoms. The van der Waals surface area contributed by atoms with Gasteiger partial charge in [0.25, 0.3) is 5.91 Å². The van der Waals surface area contributed by atoms with Crippen molar-refractivity contribution in [3.05, 3.63) is 78.5 Å². The van der Waals surface area contributed by atoms with Gasteiger partial charge in [-0.3, -0.25) is 4.79 Å². The van der Waals surface area contributed by atoms with Gasteiger partial charge in [0, 0.05) is 23.0 Å². The average Bonchev–Trinajstić information content (AvgIpc) is 2.63. The van der Waals surface area contributed by atoms with Crippen LogP contribution in [-0.2, 0) is 9.84 Å². The minimum absolute atomic E-state index is 0.206. The van der Waals surface area contributed by atoms with Crippen molar-refractivity contribution in [3.8, 4) is 0 Å². The summed E-state index contributed by atoms with van der Waals surface area (Å²) in [6, 6.07) is 19.1. The van der Waals surface area contributed by atoms with Crippen LogP contribution in [0.2, 0.25) is 0 Å². The molecule has 7 heteroatoms. The van der Waals surface area contributed by atoms with Crippen LogP contribution in [0.25, 0.3) is 0 Å². The van der Waals surface area contributed by atoms with Gasteiger partial charge in [0.2, 0.25) is 0 Å². The highest BCUT2D eigenvalue weighted by Crippen LogP contribution is 2.28. The molecule has 0 aliphatic rings. The number of nitrogens with zero attached hydrogens (tertiary/aromatic N) is 1. The second-order valence-corrected chi connectivity index (χ2v) is 8.60. The van der Waals surface area contributed by atoms with Gasteiger partial charge in [-0.1, -0.05) is 30.0 Å². The highest BCUT2D eigenvalue weighted by molar-refractivity contribution is 7.99. The molecule has 0 atom stereocenters. The van der Waals surface area contributed by atoms with Crippen LogP contribution >= 0.6 is 11.8 Å². The molecular weight excluding hydrogens is 368 g/mol. The fourth-order valence-electron chi connectivity index (χ4n) is 2.23. The number of hydrogen-bond donors (Lipinski definition) is 1. The van der Waals surface area contributed by atoms with Crippen LogP contribution in [-0.4, -0.2) is 25.6 Å². The lowest BCUT2D eigenvalue weighted by molar-refractivity contribution is 0.102. The Morgan fingerprint density at radius 3 is 2.31 bits per heavy atom. The first-order valence-electron chi connectivity index (χ1n) is 7.73. The zero-order valence-corrected chi connectivity index (χ0v) is 15.5. The number of carbonyl (C=O) groups is 1. The third-order valence-corrected chi connectivity index (χ3v) is 5.67. The van der Waals surface area contributed by atoms with Crippen LogP contribution in [0.4, 0.5) is 5.69 Å². The van der Waals surface area contributed by atoms with Gasteiger partial charge in [0.1, 0.15) is 5.03 Å². The average molecular weight is 384 g/mol. The number of rotatable bonds is 5. The van der Waals surface area contributed by atoms with E-state index in [-0.39, 0.29) is 10.8 Å². The number of carbonyl (C=O) groups excluding carboxylic acids is 1. The van der Waals surface area contributed by atoms with Gasteiger partial charge >= 0.3 is 0 Å². The van der Waals surface area contributed by atoms with Crippen molar-refractivity contribution in [2.45, 2.75) is 14.8 Å². The standard InChI is InChI=1S/C19H16N2O3S2/c1-26(23,24)16-11-9-14(10-12-16)21-18(22)17-8-5-13-20-19(17)25-15-6-3-2-4-7-15/h2-13H,1H3,(H,21,22). The molecule has 1 aromatic heterocycles. The van der Waals surface area contributed by atoms with E-state index in [1.165, 1.54) is 23.9 Å². The molecule has 0 unspecified atom stereocenters. The first kappa shape index (κ1) is 18.2. The monoisotopic (exact) mass is 384 g/mol. The summed E-state index contributed by atoms with van der Waals surface area (Å²) in [7, 11) is -3.27. The van der Waals surface area contributed by atoms with E-state index in [1.807, 2.05) is 30.3 Å². The highest BCUT2D eigenvalue weighted by Gasteiger charge is 2.14. The third-order valence-electron chi connectivity index (χ3n) is 3.51. The number of hydrogen-bond acceptors (Lipinski definition) is 5. The molecule has 0 fully saturated rings. The number of sulfone groups is 1. The molecule has 132 valence electrons. The summed E-state index contributed by atoms with van der Waals surface area (Å²) in [5, 5.41) is 3.38. The SMILES string of the molecule is CS(=O)(=O)c1ccc(NC(=O)c2cccnc2Sc2ccccc2)cc1. The van der Waals surface area contributed by atoms with E-state index in [9.17, 15) is 13.2 Å². The lowest BCUT2D eigenvalue weighted by Gasteiger charge is -2.09. The van der Waals surface area contributed by atoms with Crippen molar-refractivity contribution in [1.29, 1.82) is 0 Å². The number of nitrogens with one attached hydrogen (secondary N) is 1. The molecule has 0 aliphatic heterocycles. The van der Waals surface area contributed by atoms with Crippen molar-refractivity contribution < 1.29 is 13.2 Å². The molecule has 3 aromatic rings. The van der Waals surface area contributed by atoms with Crippen LogP contribution in [0.1, 0.15) is 10.4 Å². The van der Waals surface area contributed by atoms with Gasteiger partial charge in [-0.2, -0.15) is 0 Å². The minimum atomic E-state index is -3.27. The molecule has 5 nitrogen and oxygen atoms in total. The van der Waals surface area contributed by atoms with E-state index in [0.29, 0.717) is 16.3 Å². The normalized spacial score (nSPS) is 11.1. The Kier molecular flexibility index (Phi) is 5.39. The zero-order valence-electron chi connectivity index (χ0n) is 13.9. The summed E-state index contributed by atoms with van der Waals surface area (Å²) in [5.74, 6) is -0.302. The van der Waals surface area contributed by atoms with Crippen molar-refractivity contribution in [2.24, 2.45) is 0 Å². The number of benzene rings is 2. The van der Waals surface area contributed by atoms with Gasteiger partial charge in [0.05, 0.1) is 10.5 Å². The Labute approximate surface area is 156 Å². The molecule has 0 aliphatic carbocycles. The summed E-state index contributed by atoms with van der Waals surface area (Å²) in [6.07, 6.45) is 2.78. The summed E-state index contributed by atoms with van der Waals surface area (Å²) in [6.45, 7) is 0. The largest absolute Gasteiger partial charge is 0.322 e. The lowest BCUT2D eigenvalue weighted by Crippen LogP contribution is -2.13. The van der Waals surface area contributed by atoms with Gasteiger partial charge in [-0.05, 0) is 48.5 Å². The fraction of sp³-hybridized carbons (Fsp3) is 0.0526. The molecular formula is C19H16N2O3S2. The number of aromatic nitrogens is 1. The number of amides is 1. The first-order chi connectivity index (χ1) is 12.4. The van der Waals surface area contributed by atoms with Crippen LogP contribution < -0.4 is 5.32 Å². The maximum Gasteiger partial charge on any atom is 0.258 e. The van der Waals surface area contributed by atoms with Crippen LogP contribution in [0.3, 0.4) is 0 Å². The quantitative estimate of drug-likeness (QED) is 0.722. The molecule has 0 saturated carbocycles. The van der Waals surface area contributed by atoms with Crippen LogP contribution in [0.5, 0.6) is 0 Å². The third kappa shape index (κ3) is 4.50. The van der Waals surface area contributed by atoms with E-state index in [0.717, 1.165) is 11.2 Å². The highest BCUT2D eigenvalue weighted by atomic mass is 32.2. The van der Waals surface area contributed by atoms with E-state index in [4.69, 9.17) is 0 Å². The Morgan fingerprint density at radius 2 is 1.65 bits per heavy atom. The molecule has 1 N–H and O–H groups in total. The molecule has 0 saturated heterocycles. The second-order valence-electron chi connectivity index (χ2n) is 5.52. The minimum Gasteiger partial charge on any atom is -0.322 e. The second kappa shape index (κ2) is 7.72. The number of pyridine rings is 1. The maximum absolute atomic E-state index is 12.6. The molecule has 1 heterocycles. The molecule has 0 radical (unpaired) electrons. The Morgan fingerprint density at radius 1 is 0.962 bits per heavy atom. The van der Waals surface area contributed by atoms with Crippen molar-refractivity contribution in [3.63, 3.8) is 0 Å². The van der Waals surface area contributed by atoms with Gasteiger partial charge < -0.3 is 5.32 Å². The first-order valence-corrected chi connectivity index (χ1v) is 10.4. The molecule has 3 rings (SSSR count). The van der Waals surface area contributed by atoms with E-state index in [2.05, 4.69) is 10.3 Å². The molecule has 1 amide bonds.